The van der Waals surface area contributed by atoms with E-state index in [9.17, 15) is 27.7 Å². The summed E-state index contributed by atoms with van der Waals surface area (Å²) in [7, 11) is -1.05. The summed E-state index contributed by atoms with van der Waals surface area (Å²) in [6.07, 6.45) is -1.92. The van der Waals surface area contributed by atoms with E-state index in [1.165, 1.54) is 0 Å². The third-order valence-electron chi connectivity index (χ3n) is 4.81. The Hall–Kier alpha value is -1.39. The molecule has 0 aliphatic carbocycles. The Balaban J connectivity index is 2.06. The Bertz CT molecular complexity index is 680. The second-order valence-electron chi connectivity index (χ2n) is 6.31. The summed E-state index contributed by atoms with van der Waals surface area (Å²) in [5, 5.41) is 19.8. The van der Waals surface area contributed by atoms with Crippen LogP contribution in [0.5, 0.6) is 0 Å². The van der Waals surface area contributed by atoms with Crippen LogP contribution in [0.25, 0.3) is 0 Å². The molecule has 2 saturated heterocycles. The maximum Gasteiger partial charge on any atom is 0.416 e. The Kier molecular flexibility index (Phi) is 4.01. The quantitative estimate of drug-likeness (QED) is 0.852. The Morgan fingerprint density at radius 3 is 2.39 bits per heavy atom. The first kappa shape index (κ1) is 16.5. The number of hydrogen-bond donors (Lipinski definition) is 1. The van der Waals surface area contributed by atoms with Crippen molar-refractivity contribution >= 4 is 10.8 Å². The van der Waals surface area contributed by atoms with Crippen LogP contribution in [0, 0.1) is 11.3 Å². The van der Waals surface area contributed by atoms with E-state index in [0.717, 1.165) is 24.6 Å². The van der Waals surface area contributed by atoms with Crippen molar-refractivity contribution in [2.24, 2.45) is 0 Å². The van der Waals surface area contributed by atoms with E-state index in [2.05, 4.69) is 0 Å². The molecular weight excluding hydrogens is 327 g/mol. The van der Waals surface area contributed by atoms with E-state index < -0.39 is 28.1 Å². The van der Waals surface area contributed by atoms with Gasteiger partial charge in [-0.1, -0.05) is 6.42 Å². The van der Waals surface area contributed by atoms with Gasteiger partial charge in [0.2, 0.25) is 0 Å². The predicted molar refractivity (Wildman–Crippen MR) is 78.9 cm³/mol. The number of fused-ring (bicyclic) bond motifs is 2. The molecular formula is C16H16F3NO2S. The molecule has 2 atom stereocenters. The third-order valence-corrected chi connectivity index (χ3v) is 6.93. The average Bonchev–Trinajstić information content (AvgIpc) is 2.47. The number of halogens is 3. The van der Waals surface area contributed by atoms with Crippen LogP contribution in [0.2, 0.25) is 0 Å². The lowest BCUT2D eigenvalue weighted by atomic mass is 9.78. The van der Waals surface area contributed by atoms with Crippen molar-refractivity contribution in [3.05, 3.63) is 34.9 Å². The maximum absolute atomic E-state index is 13.0. The van der Waals surface area contributed by atoms with Gasteiger partial charge in [-0.15, -0.1) is 0 Å². The van der Waals surface area contributed by atoms with Gasteiger partial charge in [0.05, 0.1) is 22.8 Å². The molecule has 0 saturated carbocycles. The monoisotopic (exact) mass is 343 g/mol. The van der Waals surface area contributed by atoms with Gasteiger partial charge >= 0.3 is 6.18 Å². The molecule has 2 bridgehead atoms. The number of aliphatic hydroxyl groups is 1. The summed E-state index contributed by atoms with van der Waals surface area (Å²) in [5.41, 5.74) is -2.33. The molecule has 124 valence electrons. The molecule has 1 aromatic rings. The zero-order valence-corrected chi connectivity index (χ0v) is 13.1. The molecule has 0 radical (unpaired) electrons. The first-order valence-electron chi connectivity index (χ1n) is 7.48. The first-order valence-corrected chi connectivity index (χ1v) is 8.76. The van der Waals surface area contributed by atoms with Gasteiger partial charge in [0.15, 0.2) is 0 Å². The van der Waals surface area contributed by atoms with Crippen LogP contribution >= 0.6 is 0 Å². The van der Waals surface area contributed by atoms with Crippen LogP contribution in [-0.4, -0.2) is 19.8 Å². The number of nitriles is 1. The van der Waals surface area contributed by atoms with Gasteiger partial charge in [-0.2, -0.15) is 18.4 Å². The second kappa shape index (κ2) is 5.60. The molecule has 23 heavy (non-hydrogen) atoms. The summed E-state index contributed by atoms with van der Waals surface area (Å²) < 4.78 is 51.2. The molecule has 1 N–H and O–H groups in total. The summed E-state index contributed by atoms with van der Waals surface area (Å²) in [4.78, 5) is 0. The molecule has 1 aromatic carbocycles. The van der Waals surface area contributed by atoms with Gasteiger partial charge in [0, 0.05) is 26.9 Å². The highest BCUT2D eigenvalue weighted by atomic mass is 32.2. The minimum absolute atomic E-state index is 0.0171. The average molecular weight is 343 g/mol. The van der Waals surface area contributed by atoms with Crippen LogP contribution in [0.4, 0.5) is 13.2 Å². The smallest absolute Gasteiger partial charge is 0.385 e. The fraction of sp³-hybridized carbons (Fsp3) is 0.562. The second-order valence-corrected chi connectivity index (χ2v) is 8.30. The lowest BCUT2D eigenvalue weighted by Crippen LogP contribution is -2.47. The zero-order chi connectivity index (χ0) is 16.8. The summed E-state index contributed by atoms with van der Waals surface area (Å²) in [6, 6.07) is 4.71. The normalized spacial score (nSPS) is 34.0. The molecule has 2 unspecified atom stereocenters. The van der Waals surface area contributed by atoms with Gasteiger partial charge in [0.1, 0.15) is 0 Å². The highest BCUT2D eigenvalue weighted by Crippen LogP contribution is 2.46. The first-order chi connectivity index (χ1) is 10.7. The molecule has 2 aliphatic heterocycles. The van der Waals surface area contributed by atoms with Crippen molar-refractivity contribution in [3.8, 4) is 6.07 Å². The van der Waals surface area contributed by atoms with Crippen LogP contribution < -0.4 is 0 Å². The zero-order valence-electron chi connectivity index (χ0n) is 12.3. The number of benzene rings is 1. The summed E-state index contributed by atoms with van der Waals surface area (Å²) >= 11 is 0. The van der Waals surface area contributed by atoms with Crippen LogP contribution in [-0.2, 0) is 22.6 Å². The molecule has 2 aliphatic rings. The van der Waals surface area contributed by atoms with Gasteiger partial charge in [-0.3, -0.25) is 4.21 Å². The molecule has 0 spiro atoms. The minimum Gasteiger partial charge on any atom is -0.385 e. The molecule has 7 heteroatoms. The number of hydrogen-bond acceptors (Lipinski definition) is 3. The fourth-order valence-corrected chi connectivity index (χ4v) is 5.93. The molecule has 3 nitrogen and oxygen atoms in total. The lowest BCUT2D eigenvalue weighted by Gasteiger charge is -2.44. The third kappa shape index (κ3) is 2.90. The van der Waals surface area contributed by atoms with Gasteiger partial charge in [-0.05, 0) is 43.9 Å². The Morgan fingerprint density at radius 2 is 1.87 bits per heavy atom. The topological polar surface area (TPSA) is 61.1 Å². The van der Waals surface area contributed by atoms with Crippen LogP contribution in [0.3, 0.4) is 0 Å². The largest absolute Gasteiger partial charge is 0.416 e. The van der Waals surface area contributed by atoms with E-state index in [1.54, 1.807) is 0 Å². The van der Waals surface area contributed by atoms with Crippen molar-refractivity contribution in [1.29, 1.82) is 5.26 Å². The number of alkyl halides is 3. The molecule has 2 heterocycles. The van der Waals surface area contributed by atoms with Crippen molar-refractivity contribution in [1.82, 2.24) is 0 Å². The molecule has 2 fully saturated rings. The number of nitrogens with zero attached hydrogens (tertiary/aromatic N) is 1. The predicted octanol–water partition coefficient (Wildman–Crippen LogP) is 3.23. The maximum atomic E-state index is 13.0. The van der Waals surface area contributed by atoms with Gasteiger partial charge < -0.3 is 5.11 Å². The highest BCUT2D eigenvalue weighted by molar-refractivity contribution is 7.86. The van der Waals surface area contributed by atoms with Gasteiger partial charge in [0.25, 0.3) is 0 Å². The Morgan fingerprint density at radius 1 is 1.26 bits per heavy atom. The van der Waals surface area contributed by atoms with E-state index >= 15 is 0 Å². The fourth-order valence-electron chi connectivity index (χ4n) is 3.71. The van der Waals surface area contributed by atoms with E-state index in [-0.39, 0.29) is 34.5 Å². The lowest BCUT2D eigenvalue weighted by molar-refractivity contribution is -0.137. The van der Waals surface area contributed by atoms with Crippen molar-refractivity contribution in [2.75, 3.05) is 0 Å². The van der Waals surface area contributed by atoms with Crippen LogP contribution in [0.1, 0.15) is 48.8 Å². The van der Waals surface area contributed by atoms with Gasteiger partial charge in [-0.25, -0.2) is 0 Å². The minimum atomic E-state index is -4.54. The molecule has 0 aromatic heterocycles. The summed E-state index contributed by atoms with van der Waals surface area (Å²) in [6.45, 7) is 0. The standard InChI is InChI=1S/C16H16F3NO2S/c17-16(18,19)11-5-4-10(9-20)14(6-11)15(21)7-12-2-1-3-13(8-15)23(12)22/h4-6,12-13,21H,1-3,7-8H2. The van der Waals surface area contributed by atoms with E-state index in [0.29, 0.717) is 12.8 Å². The van der Waals surface area contributed by atoms with Crippen molar-refractivity contribution < 1.29 is 22.5 Å². The molecule has 0 amide bonds. The molecule has 3 rings (SSSR count). The summed E-state index contributed by atoms with van der Waals surface area (Å²) in [5.74, 6) is 0. The van der Waals surface area contributed by atoms with E-state index in [1.807, 2.05) is 6.07 Å². The number of rotatable bonds is 1. The highest BCUT2D eigenvalue weighted by Gasteiger charge is 2.47. The van der Waals surface area contributed by atoms with E-state index in [4.69, 9.17) is 0 Å². The van der Waals surface area contributed by atoms with Crippen molar-refractivity contribution in [2.45, 2.75) is 54.4 Å². The Labute approximate surface area is 134 Å². The van der Waals surface area contributed by atoms with Crippen LogP contribution in [0.15, 0.2) is 18.2 Å². The van der Waals surface area contributed by atoms with Crippen molar-refractivity contribution in [3.63, 3.8) is 0 Å². The SMILES string of the molecule is N#Cc1ccc(C(F)(F)F)cc1C1(O)CC2CCCC(C1)S2=O.